The smallest absolute Gasteiger partial charge is 0.250 e. The van der Waals surface area contributed by atoms with E-state index in [1.165, 1.54) is 6.07 Å². The Hall–Kier alpha value is -2.07. The van der Waals surface area contributed by atoms with Gasteiger partial charge in [-0.05, 0) is 19.1 Å². The van der Waals surface area contributed by atoms with E-state index in [0.717, 1.165) is 11.1 Å². The van der Waals surface area contributed by atoms with Gasteiger partial charge in [0.1, 0.15) is 12.4 Å². The van der Waals surface area contributed by atoms with Crippen LogP contribution >= 0.6 is 0 Å². The largest absolute Gasteiger partial charge is 0.491 e. The van der Waals surface area contributed by atoms with Gasteiger partial charge in [-0.1, -0.05) is 23.8 Å². The predicted molar refractivity (Wildman–Crippen MR) is 73.3 cm³/mol. The molecule has 2 rings (SSSR count). The van der Waals surface area contributed by atoms with Crippen LogP contribution in [0.4, 0.5) is 0 Å². The summed E-state index contributed by atoms with van der Waals surface area (Å²) in [5, 5.41) is 9.27. The zero-order chi connectivity index (χ0) is 13.7. The summed E-state index contributed by atoms with van der Waals surface area (Å²) in [6.07, 6.45) is 1.73. The molecule has 0 radical (unpaired) electrons. The first-order valence-electron chi connectivity index (χ1n) is 6.19. The van der Waals surface area contributed by atoms with Crippen LogP contribution in [-0.2, 0) is 13.2 Å². The van der Waals surface area contributed by atoms with Crippen molar-refractivity contribution in [3.8, 4) is 5.75 Å². The monoisotopic (exact) mass is 259 g/mol. The third kappa shape index (κ3) is 3.45. The molecule has 0 saturated heterocycles. The molecule has 0 aliphatic rings. The summed E-state index contributed by atoms with van der Waals surface area (Å²) in [5.41, 5.74) is 1.80. The lowest BCUT2D eigenvalue weighted by molar-refractivity contribution is 0.257. The first-order chi connectivity index (χ1) is 9.20. The normalized spacial score (nSPS) is 10.4. The molecule has 4 heteroatoms. The maximum absolute atomic E-state index is 11.5. The number of aliphatic hydroxyl groups is 1. The number of pyridine rings is 1. The lowest BCUT2D eigenvalue weighted by atomic mass is 10.1. The highest BCUT2D eigenvalue weighted by molar-refractivity contribution is 5.36. The topological polar surface area (TPSA) is 51.5 Å². The first-order valence-corrected chi connectivity index (χ1v) is 6.19. The Morgan fingerprint density at radius 2 is 2.11 bits per heavy atom. The van der Waals surface area contributed by atoms with Gasteiger partial charge < -0.3 is 14.4 Å². The van der Waals surface area contributed by atoms with E-state index in [-0.39, 0.29) is 12.2 Å². The number of aryl methyl sites for hydroxylation is 1. The molecular weight excluding hydrogens is 242 g/mol. The van der Waals surface area contributed by atoms with Crippen LogP contribution in [0.2, 0.25) is 0 Å². The molecule has 4 nitrogen and oxygen atoms in total. The summed E-state index contributed by atoms with van der Waals surface area (Å²) in [6, 6.07) is 10.7. The minimum absolute atomic E-state index is 0.0441. The van der Waals surface area contributed by atoms with Gasteiger partial charge in [0.15, 0.2) is 0 Å². The molecule has 0 unspecified atom stereocenters. The van der Waals surface area contributed by atoms with E-state index in [4.69, 9.17) is 4.74 Å². The predicted octanol–water partition coefficient (Wildman–Crippen LogP) is 1.73. The molecule has 19 heavy (non-hydrogen) atoms. The lowest BCUT2D eigenvalue weighted by Gasteiger charge is -2.11. The third-order valence-electron chi connectivity index (χ3n) is 2.88. The number of rotatable bonds is 5. The summed E-state index contributed by atoms with van der Waals surface area (Å²) in [7, 11) is 0. The number of ether oxygens (including phenoxy) is 1. The molecule has 0 fully saturated rings. The fraction of sp³-hybridized carbons (Fsp3) is 0.267. The second-order valence-corrected chi connectivity index (χ2v) is 4.35. The molecule has 0 aliphatic heterocycles. The molecule has 1 aromatic heterocycles. The van der Waals surface area contributed by atoms with Gasteiger partial charge >= 0.3 is 0 Å². The molecule has 100 valence electrons. The highest BCUT2D eigenvalue weighted by atomic mass is 16.5. The second kappa shape index (κ2) is 6.20. The highest BCUT2D eigenvalue weighted by Crippen LogP contribution is 2.19. The van der Waals surface area contributed by atoms with Gasteiger partial charge in [-0.15, -0.1) is 0 Å². The van der Waals surface area contributed by atoms with Gasteiger partial charge in [0.05, 0.1) is 13.2 Å². The van der Waals surface area contributed by atoms with Crippen LogP contribution < -0.4 is 10.3 Å². The first kappa shape index (κ1) is 13.4. The average molecular weight is 259 g/mol. The molecule has 1 N–H and O–H groups in total. The van der Waals surface area contributed by atoms with Crippen molar-refractivity contribution < 1.29 is 9.84 Å². The van der Waals surface area contributed by atoms with Crippen LogP contribution in [0.3, 0.4) is 0 Å². The van der Waals surface area contributed by atoms with Crippen molar-refractivity contribution in [1.82, 2.24) is 4.57 Å². The van der Waals surface area contributed by atoms with Crippen LogP contribution in [-0.4, -0.2) is 16.3 Å². The molecule has 0 spiro atoms. The number of hydrogen-bond donors (Lipinski definition) is 1. The van der Waals surface area contributed by atoms with E-state index in [1.807, 2.05) is 31.2 Å². The molecule has 0 saturated carbocycles. The number of benzene rings is 1. The third-order valence-corrected chi connectivity index (χ3v) is 2.88. The van der Waals surface area contributed by atoms with Crippen molar-refractivity contribution in [2.24, 2.45) is 0 Å². The van der Waals surface area contributed by atoms with Crippen LogP contribution in [0.25, 0.3) is 0 Å². The zero-order valence-electron chi connectivity index (χ0n) is 10.9. The maximum Gasteiger partial charge on any atom is 0.250 e. The van der Waals surface area contributed by atoms with Crippen molar-refractivity contribution in [3.63, 3.8) is 0 Å². The van der Waals surface area contributed by atoms with Crippen molar-refractivity contribution in [3.05, 3.63) is 64.1 Å². The molecule has 0 aliphatic carbocycles. The van der Waals surface area contributed by atoms with Crippen LogP contribution in [0.5, 0.6) is 5.75 Å². The van der Waals surface area contributed by atoms with Gasteiger partial charge in [-0.2, -0.15) is 0 Å². The quantitative estimate of drug-likeness (QED) is 0.889. The highest BCUT2D eigenvalue weighted by Gasteiger charge is 2.03. The molecule has 0 bridgehead atoms. The Labute approximate surface area is 111 Å². The van der Waals surface area contributed by atoms with E-state index in [0.29, 0.717) is 18.9 Å². The van der Waals surface area contributed by atoms with Gasteiger partial charge in [-0.25, -0.2) is 0 Å². The summed E-state index contributed by atoms with van der Waals surface area (Å²) >= 11 is 0. The Morgan fingerprint density at radius 3 is 2.84 bits per heavy atom. The van der Waals surface area contributed by atoms with E-state index in [2.05, 4.69) is 0 Å². The van der Waals surface area contributed by atoms with Crippen LogP contribution in [0.15, 0.2) is 47.4 Å². The molecule has 1 aromatic carbocycles. The van der Waals surface area contributed by atoms with Crippen molar-refractivity contribution >= 4 is 0 Å². The minimum Gasteiger partial charge on any atom is -0.491 e. The van der Waals surface area contributed by atoms with E-state index < -0.39 is 0 Å². The summed E-state index contributed by atoms with van der Waals surface area (Å²) in [4.78, 5) is 11.5. The number of aliphatic hydroxyl groups excluding tert-OH is 1. The van der Waals surface area contributed by atoms with Gasteiger partial charge in [0.2, 0.25) is 0 Å². The summed E-state index contributed by atoms with van der Waals surface area (Å²) in [6.45, 7) is 2.78. The maximum atomic E-state index is 11.5. The number of nitrogens with zero attached hydrogens (tertiary/aromatic N) is 1. The van der Waals surface area contributed by atoms with Crippen LogP contribution in [0, 0.1) is 6.92 Å². The molecular formula is C15H17NO3. The fourth-order valence-electron chi connectivity index (χ4n) is 1.87. The van der Waals surface area contributed by atoms with Gasteiger partial charge in [-0.3, -0.25) is 4.79 Å². The Kier molecular flexibility index (Phi) is 4.36. The molecule has 1 heterocycles. The minimum atomic E-state index is -0.0533. The van der Waals surface area contributed by atoms with E-state index in [1.54, 1.807) is 16.8 Å². The van der Waals surface area contributed by atoms with Gasteiger partial charge in [0, 0.05) is 17.8 Å². The Bertz CT molecular complexity index is 604. The van der Waals surface area contributed by atoms with Crippen molar-refractivity contribution in [1.29, 1.82) is 0 Å². The van der Waals surface area contributed by atoms with Crippen molar-refractivity contribution in [2.45, 2.75) is 20.1 Å². The summed E-state index contributed by atoms with van der Waals surface area (Å²) < 4.78 is 7.21. The van der Waals surface area contributed by atoms with Gasteiger partial charge in [0.25, 0.3) is 5.56 Å². The van der Waals surface area contributed by atoms with Crippen LogP contribution in [0.1, 0.15) is 11.1 Å². The lowest BCUT2D eigenvalue weighted by Crippen LogP contribution is -2.21. The Morgan fingerprint density at radius 1 is 1.26 bits per heavy atom. The zero-order valence-corrected chi connectivity index (χ0v) is 10.9. The number of aromatic nitrogens is 1. The molecule has 0 amide bonds. The SMILES string of the molecule is Cc1ccc(OCCn2ccccc2=O)c(CO)c1. The fourth-order valence-corrected chi connectivity index (χ4v) is 1.87. The second-order valence-electron chi connectivity index (χ2n) is 4.35. The van der Waals surface area contributed by atoms with Crippen molar-refractivity contribution in [2.75, 3.05) is 6.61 Å². The molecule has 2 aromatic rings. The average Bonchev–Trinajstić information content (AvgIpc) is 2.42. The Balaban J connectivity index is 2.00. The molecule has 0 atom stereocenters. The standard InChI is InChI=1S/C15H17NO3/c1-12-5-6-14(13(10-12)11-17)19-9-8-16-7-3-2-4-15(16)18/h2-7,10,17H,8-9,11H2,1H3. The number of hydrogen-bond acceptors (Lipinski definition) is 3. The van der Waals surface area contributed by atoms with E-state index >= 15 is 0 Å². The van der Waals surface area contributed by atoms with E-state index in [9.17, 15) is 9.90 Å². The summed E-state index contributed by atoms with van der Waals surface area (Å²) in [5.74, 6) is 0.664.